The molecule has 0 saturated heterocycles. The number of carbonyl (C=O) groups excluding carboxylic acids is 2. The van der Waals surface area contributed by atoms with Crippen molar-refractivity contribution in [1.82, 2.24) is 15.0 Å². The number of aromatic amines is 1. The topological polar surface area (TPSA) is 117 Å². The van der Waals surface area contributed by atoms with Crippen molar-refractivity contribution in [1.29, 1.82) is 0 Å². The Bertz CT molecular complexity index is 1350. The van der Waals surface area contributed by atoms with E-state index in [4.69, 9.17) is 0 Å². The SMILES string of the molecule is CC(=O)Nc1ccc2nc(NC(=O)CCc3nc4sc(C)c(C)c4c(=O)[nH]3)sc2c1. The molecule has 0 saturated carbocycles. The van der Waals surface area contributed by atoms with Crippen LogP contribution in [0.5, 0.6) is 0 Å². The van der Waals surface area contributed by atoms with Gasteiger partial charge in [-0.15, -0.1) is 11.3 Å². The van der Waals surface area contributed by atoms with Crippen LogP contribution in [-0.2, 0) is 16.0 Å². The van der Waals surface area contributed by atoms with Crippen molar-refractivity contribution >= 4 is 65.7 Å². The number of thiazole rings is 1. The summed E-state index contributed by atoms with van der Waals surface area (Å²) in [5, 5.41) is 6.62. The fraction of sp³-hybridized carbons (Fsp3) is 0.250. The Morgan fingerprint density at radius 1 is 1.13 bits per heavy atom. The second-order valence-electron chi connectivity index (χ2n) is 6.91. The first kappa shape index (κ1) is 20.2. The molecule has 30 heavy (non-hydrogen) atoms. The highest BCUT2D eigenvalue weighted by Gasteiger charge is 2.13. The Balaban J connectivity index is 1.44. The average Bonchev–Trinajstić information content (AvgIpc) is 3.19. The zero-order valence-corrected chi connectivity index (χ0v) is 18.2. The molecule has 10 heteroatoms. The third-order valence-corrected chi connectivity index (χ3v) is 6.67. The van der Waals surface area contributed by atoms with Crippen molar-refractivity contribution in [3.8, 4) is 0 Å². The molecule has 0 unspecified atom stereocenters. The van der Waals surface area contributed by atoms with Gasteiger partial charge in [-0.05, 0) is 37.6 Å². The number of rotatable bonds is 5. The molecule has 4 rings (SSSR count). The monoisotopic (exact) mass is 441 g/mol. The Morgan fingerprint density at radius 3 is 2.70 bits per heavy atom. The molecule has 3 N–H and O–H groups in total. The van der Waals surface area contributed by atoms with Crippen LogP contribution in [0.25, 0.3) is 20.4 Å². The lowest BCUT2D eigenvalue weighted by Crippen LogP contribution is -2.16. The van der Waals surface area contributed by atoms with Crippen LogP contribution >= 0.6 is 22.7 Å². The predicted octanol–water partition coefficient (Wildman–Crippen LogP) is 3.74. The van der Waals surface area contributed by atoms with Crippen LogP contribution in [0, 0.1) is 13.8 Å². The van der Waals surface area contributed by atoms with Crippen molar-refractivity contribution in [3.63, 3.8) is 0 Å². The number of anilines is 2. The number of amides is 2. The first-order chi connectivity index (χ1) is 14.3. The summed E-state index contributed by atoms with van der Waals surface area (Å²) in [4.78, 5) is 49.3. The number of benzene rings is 1. The largest absolute Gasteiger partial charge is 0.326 e. The van der Waals surface area contributed by atoms with E-state index in [2.05, 4.69) is 25.6 Å². The number of aromatic nitrogens is 3. The van der Waals surface area contributed by atoms with Crippen LogP contribution in [0.1, 0.15) is 29.6 Å². The molecule has 3 aromatic heterocycles. The number of hydrogen-bond donors (Lipinski definition) is 3. The molecule has 0 radical (unpaired) electrons. The standard InChI is InChI=1S/C20H19N5O3S2/c1-9-10(2)29-19-17(9)18(28)23-15(24-19)6-7-16(27)25-20-22-13-5-4-12(21-11(3)26)8-14(13)30-20/h4-5,8H,6-7H2,1-3H3,(H,21,26)(H,22,25,27)(H,23,24,28). The fourth-order valence-electron chi connectivity index (χ4n) is 3.09. The Labute approximate surface area is 179 Å². The van der Waals surface area contributed by atoms with Crippen LogP contribution < -0.4 is 16.2 Å². The molecule has 0 spiro atoms. The van der Waals surface area contributed by atoms with Gasteiger partial charge in [-0.25, -0.2) is 9.97 Å². The van der Waals surface area contributed by atoms with Gasteiger partial charge in [0.1, 0.15) is 10.7 Å². The number of H-pyrrole nitrogens is 1. The van der Waals surface area contributed by atoms with Gasteiger partial charge in [-0.1, -0.05) is 11.3 Å². The third-order valence-electron chi connectivity index (χ3n) is 4.63. The van der Waals surface area contributed by atoms with Crippen LogP contribution in [-0.4, -0.2) is 26.8 Å². The Morgan fingerprint density at radius 2 is 1.93 bits per heavy atom. The van der Waals surface area contributed by atoms with Gasteiger partial charge in [0.25, 0.3) is 5.56 Å². The normalized spacial score (nSPS) is 11.2. The summed E-state index contributed by atoms with van der Waals surface area (Å²) in [5.74, 6) is 0.135. The lowest BCUT2D eigenvalue weighted by atomic mass is 10.2. The van der Waals surface area contributed by atoms with E-state index in [1.54, 1.807) is 12.1 Å². The minimum atomic E-state index is -0.211. The van der Waals surface area contributed by atoms with Gasteiger partial charge in [-0.2, -0.15) is 0 Å². The van der Waals surface area contributed by atoms with Crippen molar-refractivity contribution in [2.45, 2.75) is 33.6 Å². The summed E-state index contributed by atoms with van der Waals surface area (Å²) >= 11 is 2.82. The highest BCUT2D eigenvalue weighted by atomic mass is 32.1. The minimum absolute atomic E-state index is 0.148. The lowest BCUT2D eigenvalue weighted by molar-refractivity contribution is -0.116. The van der Waals surface area contributed by atoms with Crippen molar-refractivity contribution in [3.05, 3.63) is 44.8 Å². The van der Waals surface area contributed by atoms with Gasteiger partial charge < -0.3 is 15.6 Å². The molecule has 3 heterocycles. The van der Waals surface area contributed by atoms with Crippen LogP contribution in [0.2, 0.25) is 0 Å². The molecule has 0 aliphatic heterocycles. The van der Waals surface area contributed by atoms with Gasteiger partial charge in [0, 0.05) is 30.3 Å². The molecular weight excluding hydrogens is 422 g/mol. The first-order valence-electron chi connectivity index (χ1n) is 9.27. The lowest BCUT2D eigenvalue weighted by Gasteiger charge is -2.02. The molecule has 2 amide bonds. The second-order valence-corrected chi connectivity index (χ2v) is 9.14. The Kier molecular flexibility index (Phi) is 5.35. The quantitative estimate of drug-likeness (QED) is 0.436. The summed E-state index contributed by atoms with van der Waals surface area (Å²) in [6, 6.07) is 5.38. The molecule has 4 aromatic rings. The van der Waals surface area contributed by atoms with E-state index >= 15 is 0 Å². The number of carbonyl (C=O) groups is 2. The molecule has 0 fully saturated rings. The van der Waals surface area contributed by atoms with Gasteiger partial charge >= 0.3 is 0 Å². The van der Waals surface area contributed by atoms with Crippen molar-refractivity contribution < 1.29 is 9.59 Å². The number of nitrogens with zero attached hydrogens (tertiary/aromatic N) is 2. The maximum absolute atomic E-state index is 12.4. The number of aryl methyl sites for hydroxylation is 3. The van der Waals surface area contributed by atoms with E-state index in [-0.39, 0.29) is 23.8 Å². The average molecular weight is 442 g/mol. The maximum Gasteiger partial charge on any atom is 0.259 e. The number of hydrogen-bond acceptors (Lipinski definition) is 7. The minimum Gasteiger partial charge on any atom is -0.326 e. The van der Waals surface area contributed by atoms with Crippen LogP contribution in [0.15, 0.2) is 23.0 Å². The highest BCUT2D eigenvalue weighted by Crippen LogP contribution is 2.29. The summed E-state index contributed by atoms with van der Waals surface area (Å²) in [6.45, 7) is 5.32. The van der Waals surface area contributed by atoms with Crippen LogP contribution in [0.3, 0.4) is 0 Å². The molecule has 0 aliphatic rings. The molecule has 0 aliphatic carbocycles. The highest BCUT2D eigenvalue weighted by molar-refractivity contribution is 7.22. The van der Waals surface area contributed by atoms with E-state index in [1.807, 2.05) is 19.9 Å². The zero-order valence-electron chi connectivity index (χ0n) is 16.6. The molecule has 0 atom stereocenters. The molecule has 0 bridgehead atoms. The zero-order chi connectivity index (χ0) is 21.4. The van der Waals surface area contributed by atoms with Gasteiger partial charge in [0.2, 0.25) is 11.8 Å². The van der Waals surface area contributed by atoms with Gasteiger partial charge in [-0.3, -0.25) is 14.4 Å². The maximum atomic E-state index is 12.4. The van der Waals surface area contributed by atoms with E-state index < -0.39 is 0 Å². The molecule has 8 nitrogen and oxygen atoms in total. The molecular formula is C20H19N5O3S2. The second kappa shape index (κ2) is 7.96. The summed E-state index contributed by atoms with van der Waals surface area (Å²) < 4.78 is 0.858. The molecule has 1 aromatic carbocycles. The van der Waals surface area contributed by atoms with E-state index in [1.165, 1.54) is 29.6 Å². The number of nitrogens with one attached hydrogen (secondary N) is 3. The predicted molar refractivity (Wildman–Crippen MR) is 121 cm³/mol. The van der Waals surface area contributed by atoms with E-state index in [0.29, 0.717) is 33.3 Å². The van der Waals surface area contributed by atoms with Crippen LogP contribution in [0.4, 0.5) is 10.8 Å². The van der Waals surface area contributed by atoms with Gasteiger partial charge in [0.05, 0.1) is 15.6 Å². The van der Waals surface area contributed by atoms with Crippen molar-refractivity contribution in [2.75, 3.05) is 10.6 Å². The first-order valence-corrected chi connectivity index (χ1v) is 10.9. The summed E-state index contributed by atoms with van der Waals surface area (Å²) in [6.07, 6.45) is 0.495. The third kappa shape index (κ3) is 4.10. The Hall–Kier alpha value is -3.11. The fourth-order valence-corrected chi connectivity index (χ4v) is 5.06. The molecule has 154 valence electrons. The number of thiophene rings is 1. The van der Waals surface area contributed by atoms with E-state index in [9.17, 15) is 14.4 Å². The smallest absolute Gasteiger partial charge is 0.259 e. The number of fused-ring (bicyclic) bond motifs is 2. The summed E-state index contributed by atoms with van der Waals surface area (Å²) in [5.41, 5.74) is 2.20. The van der Waals surface area contributed by atoms with E-state index in [0.717, 1.165) is 20.7 Å². The summed E-state index contributed by atoms with van der Waals surface area (Å²) in [7, 11) is 0. The van der Waals surface area contributed by atoms with Crippen molar-refractivity contribution in [2.24, 2.45) is 0 Å². The van der Waals surface area contributed by atoms with Gasteiger partial charge in [0.15, 0.2) is 5.13 Å².